The van der Waals surface area contributed by atoms with Crippen LogP contribution in [0.5, 0.6) is 0 Å². The number of aryl methyl sites for hydroxylation is 1. The molecule has 0 aliphatic heterocycles. The molecule has 10 heteroatoms. The second kappa shape index (κ2) is 9.04. The lowest BCUT2D eigenvalue weighted by molar-refractivity contribution is 0.0943. The molecule has 2 aromatic rings. The minimum atomic E-state index is -1.13. The Morgan fingerprint density at radius 3 is 2.48 bits per heavy atom. The van der Waals surface area contributed by atoms with Gasteiger partial charge in [-0.2, -0.15) is 0 Å². The van der Waals surface area contributed by atoms with Crippen LogP contribution in [0.4, 0.5) is 16.4 Å². The molecule has 0 saturated heterocycles. The van der Waals surface area contributed by atoms with Crippen LogP contribution in [0, 0.1) is 12.8 Å². The van der Waals surface area contributed by atoms with Crippen LogP contribution in [0.3, 0.4) is 0 Å². The highest BCUT2D eigenvalue weighted by Crippen LogP contribution is 2.17. The van der Waals surface area contributed by atoms with E-state index in [0.29, 0.717) is 6.42 Å². The van der Waals surface area contributed by atoms with Crippen molar-refractivity contribution in [3.63, 3.8) is 0 Å². The Morgan fingerprint density at radius 1 is 1.15 bits per heavy atom. The molecule has 2 rings (SSSR count). The molecule has 1 unspecified atom stereocenters. The maximum atomic E-state index is 12.4. The van der Waals surface area contributed by atoms with Crippen molar-refractivity contribution < 1.29 is 14.7 Å². The van der Waals surface area contributed by atoms with E-state index in [1.54, 1.807) is 0 Å². The van der Waals surface area contributed by atoms with E-state index in [9.17, 15) is 9.59 Å². The van der Waals surface area contributed by atoms with Crippen LogP contribution in [-0.2, 0) is 6.42 Å². The summed E-state index contributed by atoms with van der Waals surface area (Å²) >= 11 is 5.79. The Kier molecular flexibility index (Phi) is 6.78. The van der Waals surface area contributed by atoms with Crippen molar-refractivity contribution >= 4 is 35.2 Å². The van der Waals surface area contributed by atoms with Gasteiger partial charge in [-0.05, 0) is 30.4 Å². The summed E-state index contributed by atoms with van der Waals surface area (Å²) < 4.78 is 0. The molecule has 0 saturated carbocycles. The van der Waals surface area contributed by atoms with Crippen LogP contribution in [0.1, 0.15) is 21.6 Å². The monoisotopic (exact) mass is 392 g/mol. The number of carbonyl (C=O) groups excluding carboxylic acids is 1. The molecule has 1 heterocycles. The first-order valence-electron chi connectivity index (χ1n) is 8.16. The molecule has 0 aliphatic rings. The van der Waals surface area contributed by atoms with Crippen LogP contribution >= 0.6 is 11.6 Å². The Morgan fingerprint density at radius 2 is 1.81 bits per heavy atom. The number of nitrogens with two attached hydrogens (primary N) is 2. The number of nitrogens with zero attached hydrogens (tertiary/aromatic N) is 2. The number of carbonyl (C=O) groups is 2. The third-order valence-corrected chi connectivity index (χ3v) is 4.26. The van der Waals surface area contributed by atoms with Gasteiger partial charge in [-0.3, -0.25) is 4.79 Å². The molecular formula is C17H21ClN6O3. The van der Waals surface area contributed by atoms with E-state index < -0.39 is 12.0 Å². The third kappa shape index (κ3) is 5.71. The minimum absolute atomic E-state index is 0.0613. The molecule has 144 valence electrons. The first-order valence-corrected chi connectivity index (χ1v) is 8.53. The fourth-order valence-electron chi connectivity index (χ4n) is 2.53. The zero-order chi connectivity index (χ0) is 20.0. The standard InChI is InChI=1S/C17H21ClN6O3/c1-9-4-2-3-5-11(9)6-10(8-22-17(26)27)7-21-16(25)12-14(19)24-15(20)13(18)23-12/h2-5,10,22H,6-8H2,1H3,(H,21,25)(H,26,27)(H4,19,20,24). The van der Waals surface area contributed by atoms with Crippen LogP contribution in [0.2, 0.25) is 5.15 Å². The van der Waals surface area contributed by atoms with E-state index in [2.05, 4.69) is 20.6 Å². The van der Waals surface area contributed by atoms with Gasteiger partial charge in [-0.25, -0.2) is 14.8 Å². The molecule has 2 amide bonds. The van der Waals surface area contributed by atoms with Crippen molar-refractivity contribution in [2.75, 3.05) is 24.6 Å². The maximum absolute atomic E-state index is 12.4. The first kappa shape index (κ1) is 20.2. The van der Waals surface area contributed by atoms with Crippen molar-refractivity contribution in [2.24, 2.45) is 5.92 Å². The molecule has 1 aromatic heterocycles. The van der Waals surface area contributed by atoms with Gasteiger partial charge in [-0.15, -0.1) is 0 Å². The number of aromatic nitrogens is 2. The van der Waals surface area contributed by atoms with E-state index in [4.69, 9.17) is 28.2 Å². The SMILES string of the molecule is Cc1ccccc1CC(CNC(=O)O)CNC(=O)c1nc(Cl)c(N)nc1N. The molecule has 27 heavy (non-hydrogen) atoms. The second-order valence-electron chi connectivity index (χ2n) is 6.03. The lowest BCUT2D eigenvalue weighted by Crippen LogP contribution is -2.37. The zero-order valence-corrected chi connectivity index (χ0v) is 15.5. The van der Waals surface area contributed by atoms with Gasteiger partial charge < -0.3 is 27.2 Å². The van der Waals surface area contributed by atoms with Crippen LogP contribution in [0.15, 0.2) is 24.3 Å². The summed E-state index contributed by atoms with van der Waals surface area (Å²) in [5.41, 5.74) is 13.2. The lowest BCUT2D eigenvalue weighted by Gasteiger charge is -2.19. The van der Waals surface area contributed by atoms with Crippen molar-refractivity contribution in [1.82, 2.24) is 20.6 Å². The molecule has 0 fully saturated rings. The van der Waals surface area contributed by atoms with Gasteiger partial charge >= 0.3 is 6.09 Å². The average Bonchev–Trinajstić information content (AvgIpc) is 2.61. The van der Waals surface area contributed by atoms with E-state index in [1.807, 2.05) is 31.2 Å². The van der Waals surface area contributed by atoms with Gasteiger partial charge in [0.2, 0.25) is 0 Å². The predicted molar refractivity (Wildman–Crippen MR) is 103 cm³/mol. The minimum Gasteiger partial charge on any atom is -0.465 e. The molecule has 1 atom stereocenters. The van der Waals surface area contributed by atoms with Crippen LogP contribution in [0.25, 0.3) is 0 Å². The highest BCUT2D eigenvalue weighted by atomic mass is 35.5. The van der Waals surface area contributed by atoms with E-state index >= 15 is 0 Å². The quantitative estimate of drug-likeness (QED) is 0.477. The number of amides is 2. The normalized spacial score (nSPS) is 11.6. The zero-order valence-electron chi connectivity index (χ0n) is 14.7. The molecule has 1 aromatic carbocycles. The molecule has 0 spiro atoms. The number of hydrogen-bond acceptors (Lipinski definition) is 6. The van der Waals surface area contributed by atoms with Gasteiger partial charge in [-0.1, -0.05) is 35.9 Å². The van der Waals surface area contributed by atoms with Gasteiger partial charge in [0.1, 0.15) is 0 Å². The smallest absolute Gasteiger partial charge is 0.404 e. The molecule has 0 radical (unpaired) electrons. The Balaban J connectivity index is 2.08. The average molecular weight is 393 g/mol. The summed E-state index contributed by atoms with van der Waals surface area (Å²) in [5.74, 6) is -0.932. The predicted octanol–water partition coefficient (Wildman–Crippen LogP) is 1.46. The lowest BCUT2D eigenvalue weighted by atomic mass is 9.96. The summed E-state index contributed by atoms with van der Waals surface area (Å²) in [6, 6.07) is 7.78. The Hall–Kier alpha value is -3.07. The number of anilines is 2. The Bertz CT molecular complexity index is 845. The topological polar surface area (TPSA) is 156 Å². The fourth-order valence-corrected chi connectivity index (χ4v) is 2.65. The Labute approximate surface area is 161 Å². The highest BCUT2D eigenvalue weighted by molar-refractivity contribution is 6.31. The van der Waals surface area contributed by atoms with Gasteiger partial charge in [0.25, 0.3) is 5.91 Å². The molecule has 0 aliphatic carbocycles. The number of nitrogen functional groups attached to an aromatic ring is 2. The van der Waals surface area contributed by atoms with Gasteiger partial charge in [0, 0.05) is 13.1 Å². The summed E-state index contributed by atoms with van der Waals surface area (Å²) in [5, 5.41) is 13.8. The number of hydrogen-bond donors (Lipinski definition) is 5. The number of halogens is 1. The van der Waals surface area contributed by atoms with Crippen LogP contribution < -0.4 is 22.1 Å². The number of carboxylic acid groups (broad SMARTS) is 1. The molecule has 9 nitrogen and oxygen atoms in total. The first-order chi connectivity index (χ1) is 12.8. The van der Waals surface area contributed by atoms with E-state index in [1.165, 1.54) is 0 Å². The van der Waals surface area contributed by atoms with Gasteiger partial charge in [0.05, 0.1) is 0 Å². The molecule has 7 N–H and O–H groups in total. The number of benzene rings is 1. The van der Waals surface area contributed by atoms with Crippen molar-refractivity contribution in [1.29, 1.82) is 0 Å². The van der Waals surface area contributed by atoms with Crippen molar-refractivity contribution in [3.05, 3.63) is 46.2 Å². The summed E-state index contributed by atoms with van der Waals surface area (Å²) in [6.07, 6.45) is -0.548. The summed E-state index contributed by atoms with van der Waals surface area (Å²) in [4.78, 5) is 30.8. The molecular weight excluding hydrogens is 372 g/mol. The van der Waals surface area contributed by atoms with E-state index in [-0.39, 0.29) is 41.5 Å². The van der Waals surface area contributed by atoms with Gasteiger partial charge in [0.15, 0.2) is 22.5 Å². The van der Waals surface area contributed by atoms with Crippen molar-refractivity contribution in [3.8, 4) is 0 Å². The second-order valence-corrected chi connectivity index (χ2v) is 6.38. The third-order valence-electron chi connectivity index (χ3n) is 3.98. The maximum Gasteiger partial charge on any atom is 0.404 e. The molecule has 0 bridgehead atoms. The van der Waals surface area contributed by atoms with E-state index in [0.717, 1.165) is 11.1 Å². The highest BCUT2D eigenvalue weighted by Gasteiger charge is 2.18. The van der Waals surface area contributed by atoms with Crippen LogP contribution in [-0.4, -0.2) is 40.2 Å². The summed E-state index contributed by atoms with van der Waals surface area (Å²) in [6.45, 7) is 2.35. The fraction of sp³-hybridized carbons (Fsp3) is 0.294. The summed E-state index contributed by atoms with van der Waals surface area (Å²) in [7, 11) is 0. The number of rotatable bonds is 7. The largest absolute Gasteiger partial charge is 0.465 e. The van der Waals surface area contributed by atoms with Crippen molar-refractivity contribution in [2.45, 2.75) is 13.3 Å². The number of nitrogens with one attached hydrogen (secondary N) is 2.